The molecule has 1 aromatic carbocycles. The molecule has 0 saturated heterocycles. The molecule has 0 radical (unpaired) electrons. The number of hydrogen-bond acceptors (Lipinski definition) is 3. The van der Waals surface area contributed by atoms with Crippen LogP contribution in [0.1, 0.15) is 11.1 Å². The normalized spacial score (nSPS) is 10.2. The molecule has 0 amide bonds. The van der Waals surface area contributed by atoms with E-state index in [2.05, 4.69) is 0 Å². The third kappa shape index (κ3) is 1.51. The van der Waals surface area contributed by atoms with Crippen LogP contribution in [0.4, 0.5) is 0 Å². The Kier molecular flexibility index (Phi) is 2.55. The Morgan fingerprint density at radius 1 is 1.17 bits per heavy atom. The van der Waals surface area contributed by atoms with E-state index in [1.807, 2.05) is 0 Å². The Balaban J connectivity index is 3.08. The lowest BCUT2D eigenvalue weighted by Gasteiger charge is -2.06. The largest absolute Gasteiger partial charge is 0.504 e. The minimum Gasteiger partial charge on any atom is -0.504 e. The van der Waals surface area contributed by atoms with E-state index in [0.29, 0.717) is 17.5 Å². The summed E-state index contributed by atoms with van der Waals surface area (Å²) in [5, 5.41) is 27.2. The number of aryl methyl sites for hydroxylation is 1. The summed E-state index contributed by atoms with van der Waals surface area (Å²) in [6.45, 7) is 1.67. The number of phenols is 2. The molecule has 0 unspecified atom stereocenters. The average Bonchev–Trinajstić information content (AvgIpc) is 2.07. The summed E-state index contributed by atoms with van der Waals surface area (Å²) in [7, 11) is 0. The van der Waals surface area contributed by atoms with Crippen molar-refractivity contribution in [2.24, 2.45) is 0 Å². The Bertz CT molecular complexity index is 281. The van der Waals surface area contributed by atoms with Gasteiger partial charge in [0.05, 0.1) is 0 Å². The molecule has 0 atom stereocenters. The molecule has 3 N–H and O–H groups in total. The van der Waals surface area contributed by atoms with Gasteiger partial charge in [-0.05, 0) is 18.9 Å². The minimum atomic E-state index is -0.121. The lowest BCUT2D eigenvalue weighted by atomic mass is 10.1. The van der Waals surface area contributed by atoms with Crippen LogP contribution in [0.5, 0.6) is 11.5 Å². The van der Waals surface area contributed by atoms with E-state index in [4.69, 9.17) is 5.11 Å². The predicted molar refractivity (Wildman–Crippen MR) is 45.3 cm³/mol. The van der Waals surface area contributed by atoms with E-state index in [9.17, 15) is 10.2 Å². The second-order valence-electron chi connectivity index (χ2n) is 2.71. The molecule has 0 aromatic heterocycles. The third-order valence-corrected chi connectivity index (χ3v) is 1.82. The van der Waals surface area contributed by atoms with Crippen LogP contribution >= 0.6 is 0 Å². The van der Waals surface area contributed by atoms with Gasteiger partial charge in [0.1, 0.15) is 0 Å². The average molecular weight is 168 g/mol. The summed E-state index contributed by atoms with van der Waals surface area (Å²) in [6, 6.07) is 3.40. The van der Waals surface area contributed by atoms with E-state index >= 15 is 0 Å². The van der Waals surface area contributed by atoms with Gasteiger partial charge in [-0.1, -0.05) is 12.1 Å². The van der Waals surface area contributed by atoms with Gasteiger partial charge < -0.3 is 15.3 Å². The van der Waals surface area contributed by atoms with Crippen molar-refractivity contribution in [2.45, 2.75) is 13.3 Å². The molecule has 0 spiro atoms. The summed E-state index contributed by atoms with van der Waals surface area (Å²) in [5.74, 6) is -0.218. The van der Waals surface area contributed by atoms with Crippen LogP contribution in [-0.4, -0.2) is 21.9 Å². The van der Waals surface area contributed by atoms with Gasteiger partial charge in [-0.25, -0.2) is 0 Å². The molecule has 12 heavy (non-hydrogen) atoms. The van der Waals surface area contributed by atoms with Crippen molar-refractivity contribution in [2.75, 3.05) is 6.61 Å². The van der Waals surface area contributed by atoms with Gasteiger partial charge in [-0.3, -0.25) is 0 Å². The monoisotopic (exact) mass is 168 g/mol. The smallest absolute Gasteiger partial charge is 0.161 e. The van der Waals surface area contributed by atoms with Gasteiger partial charge in [-0.15, -0.1) is 0 Å². The SMILES string of the molecule is Cc1ccc(CCO)c(O)c1O. The molecule has 0 bridgehead atoms. The number of aliphatic hydroxyl groups is 1. The maximum absolute atomic E-state index is 9.35. The highest BCUT2D eigenvalue weighted by atomic mass is 16.3. The van der Waals surface area contributed by atoms with Crippen molar-refractivity contribution in [3.05, 3.63) is 23.3 Å². The zero-order chi connectivity index (χ0) is 9.14. The number of aromatic hydroxyl groups is 2. The lowest BCUT2D eigenvalue weighted by molar-refractivity contribution is 0.296. The Morgan fingerprint density at radius 2 is 1.83 bits per heavy atom. The quantitative estimate of drug-likeness (QED) is 0.576. The summed E-state index contributed by atoms with van der Waals surface area (Å²) in [5.41, 5.74) is 1.20. The van der Waals surface area contributed by atoms with Crippen molar-refractivity contribution < 1.29 is 15.3 Å². The molecule has 0 aliphatic carbocycles. The molecule has 0 heterocycles. The van der Waals surface area contributed by atoms with Crippen LogP contribution in [0.25, 0.3) is 0 Å². The fraction of sp³-hybridized carbons (Fsp3) is 0.333. The summed E-state index contributed by atoms with van der Waals surface area (Å²) in [6.07, 6.45) is 0.361. The number of rotatable bonds is 2. The fourth-order valence-electron chi connectivity index (χ4n) is 1.04. The lowest BCUT2D eigenvalue weighted by Crippen LogP contribution is -1.91. The molecule has 0 fully saturated rings. The standard InChI is InChI=1S/C9H12O3/c1-6-2-3-7(4-5-10)9(12)8(6)11/h2-3,10-12H,4-5H2,1H3. The van der Waals surface area contributed by atoms with Crippen LogP contribution in [0, 0.1) is 6.92 Å². The Hall–Kier alpha value is -1.22. The highest BCUT2D eigenvalue weighted by Crippen LogP contribution is 2.31. The Morgan fingerprint density at radius 3 is 2.42 bits per heavy atom. The minimum absolute atomic E-state index is 0.0317. The first-order valence-electron chi connectivity index (χ1n) is 3.78. The molecule has 0 saturated carbocycles. The number of phenolic OH excluding ortho intramolecular Hbond substituents is 2. The van der Waals surface area contributed by atoms with Crippen molar-refractivity contribution in [1.29, 1.82) is 0 Å². The third-order valence-electron chi connectivity index (χ3n) is 1.82. The second kappa shape index (κ2) is 3.45. The van der Waals surface area contributed by atoms with Crippen molar-refractivity contribution in [1.82, 2.24) is 0 Å². The van der Waals surface area contributed by atoms with Crippen LogP contribution in [-0.2, 0) is 6.42 Å². The van der Waals surface area contributed by atoms with Gasteiger partial charge in [0.15, 0.2) is 11.5 Å². The zero-order valence-electron chi connectivity index (χ0n) is 6.91. The molecule has 66 valence electrons. The van der Waals surface area contributed by atoms with Crippen molar-refractivity contribution >= 4 is 0 Å². The maximum Gasteiger partial charge on any atom is 0.161 e. The molecular formula is C9H12O3. The molecule has 1 aromatic rings. The highest BCUT2D eigenvalue weighted by molar-refractivity contribution is 5.49. The predicted octanol–water partition coefficient (Wildman–Crippen LogP) is 0.941. The number of hydrogen-bond donors (Lipinski definition) is 3. The molecule has 0 aliphatic rings. The van der Waals surface area contributed by atoms with Crippen LogP contribution in [0.15, 0.2) is 12.1 Å². The van der Waals surface area contributed by atoms with Crippen LogP contribution < -0.4 is 0 Å². The van der Waals surface area contributed by atoms with E-state index < -0.39 is 0 Å². The molecule has 0 aliphatic heterocycles. The molecule has 1 rings (SSSR count). The first-order chi connectivity index (χ1) is 5.66. The maximum atomic E-state index is 9.35. The molecule has 3 nitrogen and oxygen atoms in total. The molecular weight excluding hydrogens is 156 g/mol. The van der Waals surface area contributed by atoms with Gasteiger partial charge in [0, 0.05) is 12.2 Å². The first-order valence-corrected chi connectivity index (χ1v) is 3.78. The summed E-state index contributed by atoms with van der Waals surface area (Å²) in [4.78, 5) is 0. The van der Waals surface area contributed by atoms with E-state index in [-0.39, 0.29) is 18.1 Å². The molecule has 3 heteroatoms. The number of aliphatic hydroxyl groups excluding tert-OH is 1. The van der Waals surface area contributed by atoms with Gasteiger partial charge in [0.25, 0.3) is 0 Å². The zero-order valence-corrected chi connectivity index (χ0v) is 6.91. The first kappa shape index (κ1) is 8.87. The number of benzene rings is 1. The van der Waals surface area contributed by atoms with Crippen LogP contribution in [0.2, 0.25) is 0 Å². The van der Waals surface area contributed by atoms with Gasteiger partial charge in [-0.2, -0.15) is 0 Å². The van der Waals surface area contributed by atoms with E-state index in [1.165, 1.54) is 0 Å². The highest BCUT2D eigenvalue weighted by Gasteiger charge is 2.07. The second-order valence-corrected chi connectivity index (χ2v) is 2.71. The Labute approximate surface area is 70.9 Å². The van der Waals surface area contributed by atoms with Crippen molar-refractivity contribution in [3.8, 4) is 11.5 Å². The summed E-state index contributed by atoms with van der Waals surface area (Å²) >= 11 is 0. The van der Waals surface area contributed by atoms with E-state index in [0.717, 1.165) is 0 Å². The van der Waals surface area contributed by atoms with Gasteiger partial charge >= 0.3 is 0 Å². The topological polar surface area (TPSA) is 60.7 Å². The summed E-state index contributed by atoms with van der Waals surface area (Å²) < 4.78 is 0. The van der Waals surface area contributed by atoms with Crippen LogP contribution in [0.3, 0.4) is 0 Å². The van der Waals surface area contributed by atoms with E-state index in [1.54, 1.807) is 19.1 Å². The van der Waals surface area contributed by atoms with Crippen molar-refractivity contribution in [3.63, 3.8) is 0 Å². The van der Waals surface area contributed by atoms with Gasteiger partial charge in [0.2, 0.25) is 0 Å². The fourth-order valence-corrected chi connectivity index (χ4v) is 1.04.